The van der Waals surface area contributed by atoms with E-state index in [0.717, 1.165) is 5.56 Å². The van der Waals surface area contributed by atoms with Gasteiger partial charge in [0.2, 0.25) is 17.7 Å². The van der Waals surface area contributed by atoms with Gasteiger partial charge in [-0.25, -0.2) is 0 Å². The van der Waals surface area contributed by atoms with Gasteiger partial charge in [0.15, 0.2) is 0 Å². The summed E-state index contributed by atoms with van der Waals surface area (Å²) < 4.78 is 6.22. The molecule has 0 unspecified atom stereocenters. The highest BCUT2D eigenvalue weighted by Crippen LogP contribution is 2.28. The molecule has 1 heterocycles. The van der Waals surface area contributed by atoms with Crippen molar-refractivity contribution < 1.29 is 19.1 Å². The topological polar surface area (TPSA) is 79.0 Å². The minimum atomic E-state index is -0.248. The molecule has 0 spiro atoms. The lowest BCUT2D eigenvalue weighted by Gasteiger charge is -2.30. The van der Waals surface area contributed by atoms with Crippen LogP contribution in [0.5, 0.6) is 5.75 Å². The van der Waals surface area contributed by atoms with E-state index >= 15 is 0 Å². The highest BCUT2D eigenvalue weighted by Gasteiger charge is 2.28. The van der Waals surface area contributed by atoms with E-state index in [-0.39, 0.29) is 36.2 Å². The third-order valence-electron chi connectivity index (χ3n) is 4.61. The third kappa shape index (κ3) is 4.97. The molecule has 1 N–H and O–H groups in total. The smallest absolute Gasteiger partial charge is 0.226 e. The van der Waals surface area contributed by atoms with Crippen LogP contribution >= 0.6 is 0 Å². The minimum absolute atomic E-state index is 0.0118. The van der Waals surface area contributed by atoms with Crippen LogP contribution in [0.4, 0.5) is 5.69 Å². The molecule has 0 radical (unpaired) electrons. The second kappa shape index (κ2) is 8.21. The Hall–Kier alpha value is -2.57. The van der Waals surface area contributed by atoms with Crippen molar-refractivity contribution in [3.05, 3.63) is 23.8 Å². The van der Waals surface area contributed by atoms with Crippen molar-refractivity contribution in [1.29, 1.82) is 0 Å². The SMILES string of the molecule is CC(=O)Nc1ccc2c(c1)CC(=O)N(C)C[C@H](C)[C@H](CN(C)C(C)=O)O2. The normalized spacial score (nSPS) is 20.2. The van der Waals surface area contributed by atoms with E-state index in [1.165, 1.54) is 13.8 Å². The lowest BCUT2D eigenvalue weighted by Crippen LogP contribution is -2.43. The van der Waals surface area contributed by atoms with Crippen molar-refractivity contribution in [1.82, 2.24) is 9.80 Å². The van der Waals surface area contributed by atoms with E-state index in [4.69, 9.17) is 4.74 Å². The van der Waals surface area contributed by atoms with Crippen molar-refractivity contribution >= 4 is 23.4 Å². The van der Waals surface area contributed by atoms with Crippen LogP contribution in [0, 0.1) is 5.92 Å². The van der Waals surface area contributed by atoms with Crippen molar-refractivity contribution in [2.75, 3.05) is 32.5 Å². The highest BCUT2D eigenvalue weighted by atomic mass is 16.5. The molecule has 26 heavy (non-hydrogen) atoms. The number of rotatable bonds is 3. The minimum Gasteiger partial charge on any atom is -0.488 e. The van der Waals surface area contributed by atoms with Crippen LogP contribution < -0.4 is 10.1 Å². The summed E-state index contributed by atoms with van der Waals surface area (Å²) in [5.41, 5.74) is 1.35. The predicted molar refractivity (Wildman–Crippen MR) is 99.0 cm³/mol. The Balaban J connectivity index is 2.37. The van der Waals surface area contributed by atoms with Gasteiger partial charge in [-0.2, -0.15) is 0 Å². The van der Waals surface area contributed by atoms with Gasteiger partial charge in [0.25, 0.3) is 0 Å². The molecule has 3 amide bonds. The summed E-state index contributed by atoms with van der Waals surface area (Å²) in [6.45, 7) is 5.95. The van der Waals surface area contributed by atoms with Crippen LogP contribution in [0.3, 0.4) is 0 Å². The van der Waals surface area contributed by atoms with E-state index in [2.05, 4.69) is 5.32 Å². The summed E-state index contributed by atoms with van der Waals surface area (Å²) >= 11 is 0. The van der Waals surface area contributed by atoms with Crippen LogP contribution in [-0.4, -0.2) is 60.8 Å². The summed E-state index contributed by atoms with van der Waals surface area (Å²) in [4.78, 5) is 38.7. The molecule has 0 aliphatic carbocycles. The maximum absolute atomic E-state index is 12.5. The predicted octanol–water partition coefficient (Wildman–Crippen LogP) is 1.52. The quantitative estimate of drug-likeness (QED) is 0.885. The number of hydrogen-bond acceptors (Lipinski definition) is 4. The first kappa shape index (κ1) is 19.8. The standard InChI is InChI=1S/C19H27N3O4/c1-12-10-22(5)19(25)9-15-8-16(20-13(2)23)6-7-17(15)26-18(12)11-21(4)14(3)24/h6-8,12,18H,9-11H2,1-5H3,(H,20,23)/t12-,18-/m0/s1. The molecular weight excluding hydrogens is 334 g/mol. The number of nitrogens with one attached hydrogen (secondary N) is 1. The van der Waals surface area contributed by atoms with Gasteiger partial charge < -0.3 is 19.9 Å². The van der Waals surface area contributed by atoms with Gasteiger partial charge in [-0.05, 0) is 18.2 Å². The number of ether oxygens (including phenoxy) is 1. The number of nitrogens with zero attached hydrogens (tertiary/aromatic N) is 2. The number of anilines is 1. The molecule has 1 aliphatic heterocycles. The zero-order valence-electron chi connectivity index (χ0n) is 16.0. The lowest BCUT2D eigenvalue weighted by molar-refractivity contribution is -0.131. The van der Waals surface area contributed by atoms with Gasteiger partial charge in [0.05, 0.1) is 13.0 Å². The Kier molecular flexibility index (Phi) is 6.23. The summed E-state index contributed by atoms with van der Waals surface area (Å²) in [5.74, 6) is 0.434. The van der Waals surface area contributed by atoms with Crippen LogP contribution in [0.25, 0.3) is 0 Å². The zero-order chi connectivity index (χ0) is 19.4. The average Bonchev–Trinajstić information content (AvgIpc) is 2.58. The summed E-state index contributed by atoms with van der Waals surface area (Å²) in [6, 6.07) is 5.29. The number of likely N-dealkylation sites (N-methyl/N-ethyl adjacent to an activating group) is 2. The maximum Gasteiger partial charge on any atom is 0.226 e. The number of amides is 3. The molecule has 0 aromatic heterocycles. The molecule has 1 aliphatic rings. The number of carbonyl (C=O) groups excluding carboxylic acids is 3. The van der Waals surface area contributed by atoms with Crippen molar-refractivity contribution in [3.8, 4) is 5.75 Å². The molecule has 142 valence electrons. The Bertz CT molecular complexity index is 704. The zero-order valence-corrected chi connectivity index (χ0v) is 16.0. The summed E-state index contributed by atoms with van der Waals surface area (Å²) in [6.07, 6.45) is -0.0519. The van der Waals surface area contributed by atoms with Gasteiger partial charge in [-0.15, -0.1) is 0 Å². The molecule has 0 saturated carbocycles. The van der Waals surface area contributed by atoms with E-state index in [1.807, 2.05) is 6.92 Å². The first-order chi connectivity index (χ1) is 12.2. The molecule has 2 atom stereocenters. The van der Waals surface area contributed by atoms with E-state index in [0.29, 0.717) is 24.5 Å². The lowest BCUT2D eigenvalue weighted by atomic mass is 10.0. The van der Waals surface area contributed by atoms with E-state index in [9.17, 15) is 14.4 Å². The number of carbonyl (C=O) groups is 3. The van der Waals surface area contributed by atoms with Crippen LogP contribution in [-0.2, 0) is 20.8 Å². The van der Waals surface area contributed by atoms with E-state index < -0.39 is 0 Å². The number of fused-ring (bicyclic) bond motifs is 1. The molecule has 7 nitrogen and oxygen atoms in total. The summed E-state index contributed by atoms with van der Waals surface area (Å²) in [5, 5.41) is 2.73. The monoisotopic (exact) mass is 361 g/mol. The fourth-order valence-electron chi connectivity index (χ4n) is 2.96. The maximum atomic E-state index is 12.5. The molecule has 0 fully saturated rings. The Morgan fingerprint density at radius 1 is 1.35 bits per heavy atom. The molecule has 7 heteroatoms. The molecule has 1 aromatic rings. The van der Waals surface area contributed by atoms with E-state index in [1.54, 1.807) is 42.1 Å². The van der Waals surface area contributed by atoms with Gasteiger partial charge in [-0.3, -0.25) is 14.4 Å². The first-order valence-corrected chi connectivity index (χ1v) is 8.70. The largest absolute Gasteiger partial charge is 0.488 e. The fraction of sp³-hybridized carbons (Fsp3) is 0.526. The van der Waals surface area contributed by atoms with Crippen LogP contribution in [0.15, 0.2) is 18.2 Å². The fourth-order valence-corrected chi connectivity index (χ4v) is 2.96. The van der Waals surface area contributed by atoms with Gasteiger partial charge >= 0.3 is 0 Å². The van der Waals surface area contributed by atoms with Gasteiger partial charge in [-0.1, -0.05) is 6.92 Å². The van der Waals surface area contributed by atoms with Crippen molar-refractivity contribution in [3.63, 3.8) is 0 Å². The number of benzene rings is 1. The van der Waals surface area contributed by atoms with Crippen molar-refractivity contribution in [2.45, 2.75) is 33.3 Å². The second-order valence-corrected chi connectivity index (χ2v) is 6.99. The Labute approximate surface area is 154 Å². The molecule has 0 bridgehead atoms. The molecule has 2 rings (SSSR count). The third-order valence-corrected chi connectivity index (χ3v) is 4.61. The Morgan fingerprint density at radius 2 is 2.04 bits per heavy atom. The molecule has 0 saturated heterocycles. The average molecular weight is 361 g/mol. The Morgan fingerprint density at radius 3 is 2.65 bits per heavy atom. The van der Waals surface area contributed by atoms with Gasteiger partial charge in [0.1, 0.15) is 11.9 Å². The second-order valence-electron chi connectivity index (χ2n) is 6.99. The molecular formula is C19H27N3O4. The highest BCUT2D eigenvalue weighted by molar-refractivity contribution is 5.89. The van der Waals surface area contributed by atoms with Crippen molar-refractivity contribution in [2.24, 2.45) is 5.92 Å². The summed E-state index contributed by atoms with van der Waals surface area (Å²) in [7, 11) is 3.51. The van der Waals surface area contributed by atoms with Crippen LogP contribution in [0.1, 0.15) is 26.3 Å². The first-order valence-electron chi connectivity index (χ1n) is 8.70. The van der Waals surface area contributed by atoms with Crippen LogP contribution in [0.2, 0.25) is 0 Å². The van der Waals surface area contributed by atoms with Gasteiger partial charge in [0, 0.05) is 51.7 Å². The molecule has 1 aromatic carbocycles. The number of hydrogen-bond donors (Lipinski definition) is 1.